The lowest BCUT2D eigenvalue weighted by Crippen LogP contribution is -2.38. The number of amides is 2. The number of ether oxygens (including phenoxy) is 1. The second-order valence-electron chi connectivity index (χ2n) is 5.75. The third-order valence-electron chi connectivity index (χ3n) is 3.57. The molecule has 5 heteroatoms. The van der Waals surface area contributed by atoms with Gasteiger partial charge in [-0.15, -0.1) is 0 Å². The smallest absolute Gasteiger partial charge is 0.317 e. The third kappa shape index (κ3) is 4.63. The van der Waals surface area contributed by atoms with Crippen molar-refractivity contribution in [3.8, 4) is 5.75 Å². The van der Waals surface area contributed by atoms with Gasteiger partial charge in [-0.3, -0.25) is 0 Å². The van der Waals surface area contributed by atoms with Gasteiger partial charge in [-0.1, -0.05) is 12.1 Å². The highest BCUT2D eigenvalue weighted by molar-refractivity contribution is 5.74. The highest BCUT2D eigenvalue weighted by atomic mass is 16.5. The molecule has 0 radical (unpaired) electrons. The highest BCUT2D eigenvalue weighted by Crippen LogP contribution is 2.16. The Hall–Kier alpha value is -1.75. The fourth-order valence-corrected chi connectivity index (χ4v) is 2.41. The first-order valence-corrected chi connectivity index (χ1v) is 7.47. The molecule has 2 amide bonds. The lowest BCUT2D eigenvalue weighted by atomic mass is 10.1. The Morgan fingerprint density at radius 2 is 2.14 bits per heavy atom. The van der Waals surface area contributed by atoms with Gasteiger partial charge < -0.3 is 20.1 Å². The largest absolute Gasteiger partial charge is 0.491 e. The van der Waals surface area contributed by atoms with E-state index in [-0.39, 0.29) is 24.7 Å². The van der Waals surface area contributed by atoms with Gasteiger partial charge in [0, 0.05) is 32.2 Å². The fourth-order valence-electron chi connectivity index (χ4n) is 2.41. The number of rotatable bonds is 5. The summed E-state index contributed by atoms with van der Waals surface area (Å²) in [5.41, 5.74) is 1.04. The molecule has 2 N–H and O–H groups in total. The number of hydrogen-bond acceptors (Lipinski definition) is 3. The molecule has 0 spiro atoms. The monoisotopic (exact) mass is 292 g/mol. The Labute approximate surface area is 125 Å². The Balaban J connectivity index is 1.79. The quantitative estimate of drug-likeness (QED) is 0.872. The highest BCUT2D eigenvalue weighted by Gasteiger charge is 2.25. The van der Waals surface area contributed by atoms with Crippen LogP contribution in [0.25, 0.3) is 0 Å². The maximum Gasteiger partial charge on any atom is 0.317 e. The van der Waals surface area contributed by atoms with Crippen LogP contribution in [0.4, 0.5) is 4.79 Å². The molecule has 1 heterocycles. The molecule has 2 rings (SSSR count). The molecule has 0 aliphatic carbocycles. The third-order valence-corrected chi connectivity index (χ3v) is 3.57. The summed E-state index contributed by atoms with van der Waals surface area (Å²) in [6.07, 6.45) is 1.04. The van der Waals surface area contributed by atoms with Gasteiger partial charge in [-0.2, -0.15) is 0 Å². The van der Waals surface area contributed by atoms with E-state index in [1.165, 1.54) is 0 Å². The van der Waals surface area contributed by atoms with Gasteiger partial charge in [0.15, 0.2) is 0 Å². The first-order valence-electron chi connectivity index (χ1n) is 7.47. The Bertz CT molecular complexity index is 459. The number of aliphatic hydroxyl groups is 1. The number of carbonyl (C=O) groups is 1. The van der Waals surface area contributed by atoms with Gasteiger partial charge >= 0.3 is 6.03 Å². The molecule has 1 aromatic rings. The van der Waals surface area contributed by atoms with Crippen molar-refractivity contribution in [2.45, 2.75) is 32.9 Å². The van der Waals surface area contributed by atoms with E-state index in [0.29, 0.717) is 13.1 Å². The summed E-state index contributed by atoms with van der Waals surface area (Å²) in [6, 6.07) is 7.68. The number of nitrogens with one attached hydrogen (secondary N) is 1. The van der Waals surface area contributed by atoms with Crippen LogP contribution >= 0.6 is 0 Å². The van der Waals surface area contributed by atoms with Crippen molar-refractivity contribution in [1.82, 2.24) is 10.2 Å². The number of aliphatic hydroxyl groups excluding tert-OH is 1. The second-order valence-corrected chi connectivity index (χ2v) is 5.75. The molecule has 0 saturated carbocycles. The van der Waals surface area contributed by atoms with Crippen LogP contribution in [-0.4, -0.2) is 41.8 Å². The standard InChI is InChI=1S/C16H24N2O3/c1-12(2)21-15-5-3-13(4-6-15)9-17-16(20)18-8-7-14(10-18)11-19/h3-6,12,14,19H,7-11H2,1-2H3,(H,17,20). The van der Waals surface area contributed by atoms with E-state index < -0.39 is 0 Å². The van der Waals surface area contributed by atoms with Crippen LogP contribution in [0.15, 0.2) is 24.3 Å². The van der Waals surface area contributed by atoms with Crippen molar-refractivity contribution in [1.29, 1.82) is 0 Å². The summed E-state index contributed by atoms with van der Waals surface area (Å²) in [6.45, 7) is 6.00. The number of urea groups is 1. The summed E-state index contributed by atoms with van der Waals surface area (Å²) in [4.78, 5) is 13.8. The summed E-state index contributed by atoms with van der Waals surface area (Å²) in [7, 11) is 0. The predicted octanol–water partition coefficient (Wildman–Crippen LogP) is 2.00. The van der Waals surface area contributed by atoms with Crippen molar-refractivity contribution in [3.05, 3.63) is 29.8 Å². The van der Waals surface area contributed by atoms with Crippen molar-refractivity contribution in [2.24, 2.45) is 5.92 Å². The van der Waals surface area contributed by atoms with E-state index in [9.17, 15) is 4.79 Å². The van der Waals surface area contributed by atoms with E-state index in [0.717, 1.165) is 24.3 Å². The molecule has 21 heavy (non-hydrogen) atoms. The minimum Gasteiger partial charge on any atom is -0.491 e. The van der Waals surface area contributed by atoms with Gasteiger partial charge in [0.1, 0.15) is 5.75 Å². The Morgan fingerprint density at radius 1 is 1.43 bits per heavy atom. The van der Waals surface area contributed by atoms with Crippen LogP contribution in [0.1, 0.15) is 25.8 Å². The van der Waals surface area contributed by atoms with Crippen LogP contribution in [0, 0.1) is 5.92 Å². The minimum absolute atomic E-state index is 0.0616. The average molecular weight is 292 g/mol. The molecule has 1 aliphatic rings. The number of likely N-dealkylation sites (tertiary alicyclic amines) is 1. The van der Waals surface area contributed by atoms with Gasteiger partial charge in [0.05, 0.1) is 6.10 Å². The van der Waals surface area contributed by atoms with E-state index in [1.807, 2.05) is 38.1 Å². The predicted molar refractivity (Wildman–Crippen MR) is 81.2 cm³/mol. The summed E-state index contributed by atoms with van der Waals surface area (Å²) in [5, 5.41) is 12.0. The minimum atomic E-state index is -0.0616. The summed E-state index contributed by atoms with van der Waals surface area (Å²) >= 11 is 0. The molecule has 1 unspecified atom stereocenters. The molecule has 0 bridgehead atoms. The van der Waals surface area contributed by atoms with E-state index in [1.54, 1.807) is 4.90 Å². The topological polar surface area (TPSA) is 61.8 Å². The van der Waals surface area contributed by atoms with Crippen molar-refractivity contribution in [2.75, 3.05) is 19.7 Å². The molecular weight excluding hydrogens is 268 g/mol. The van der Waals surface area contributed by atoms with Crippen molar-refractivity contribution >= 4 is 6.03 Å². The zero-order valence-electron chi connectivity index (χ0n) is 12.7. The average Bonchev–Trinajstić information content (AvgIpc) is 2.94. The lowest BCUT2D eigenvalue weighted by molar-refractivity contribution is 0.198. The van der Waals surface area contributed by atoms with Crippen LogP contribution in [0.3, 0.4) is 0 Å². The first kappa shape index (κ1) is 15.6. The van der Waals surface area contributed by atoms with Gasteiger partial charge in [-0.25, -0.2) is 4.79 Å². The van der Waals surface area contributed by atoms with E-state index in [4.69, 9.17) is 9.84 Å². The maximum atomic E-state index is 12.0. The number of hydrogen-bond donors (Lipinski definition) is 2. The number of benzene rings is 1. The summed E-state index contributed by atoms with van der Waals surface area (Å²) < 4.78 is 5.58. The van der Waals surface area contributed by atoms with Crippen molar-refractivity contribution in [3.63, 3.8) is 0 Å². The number of carbonyl (C=O) groups excluding carboxylic acids is 1. The molecule has 1 atom stereocenters. The normalized spacial score (nSPS) is 18.1. The molecular formula is C16H24N2O3. The first-order chi connectivity index (χ1) is 10.1. The molecule has 5 nitrogen and oxygen atoms in total. The van der Waals surface area contributed by atoms with Gasteiger partial charge in [0.2, 0.25) is 0 Å². The van der Waals surface area contributed by atoms with Crippen LogP contribution < -0.4 is 10.1 Å². The SMILES string of the molecule is CC(C)Oc1ccc(CNC(=O)N2CCC(CO)C2)cc1. The van der Waals surface area contributed by atoms with E-state index >= 15 is 0 Å². The zero-order valence-corrected chi connectivity index (χ0v) is 12.7. The van der Waals surface area contributed by atoms with Crippen molar-refractivity contribution < 1.29 is 14.6 Å². The molecule has 1 aromatic carbocycles. The maximum absolute atomic E-state index is 12.0. The molecule has 1 aliphatic heterocycles. The summed E-state index contributed by atoms with van der Waals surface area (Å²) in [5.74, 6) is 1.06. The van der Waals surface area contributed by atoms with Gasteiger partial charge in [0.25, 0.3) is 0 Å². The van der Waals surface area contributed by atoms with E-state index in [2.05, 4.69) is 5.32 Å². The molecule has 1 fully saturated rings. The second kappa shape index (κ2) is 7.31. The molecule has 1 saturated heterocycles. The molecule has 116 valence electrons. The van der Waals surface area contributed by atoms with Crippen LogP contribution in [-0.2, 0) is 6.54 Å². The van der Waals surface area contributed by atoms with Crippen LogP contribution in [0.5, 0.6) is 5.75 Å². The number of nitrogens with zero attached hydrogens (tertiary/aromatic N) is 1. The molecule has 0 aromatic heterocycles. The Morgan fingerprint density at radius 3 is 2.71 bits per heavy atom. The Kier molecular flexibility index (Phi) is 5.44. The lowest BCUT2D eigenvalue weighted by Gasteiger charge is -2.17. The zero-order chi connectivity index (χ0) is 15.2. The van der Waals surface area contributed by atoms with Crippen LogP contribution in [0.2, 0.25) is 0 Å². The van der Waals surface area contributed by atoms with Gasteiger partial charge in [-0.05, 0) is 38.0 Å². The fraction of sp³-hybridized carbons (Fsp3) is 0.562.